The zero-order valence-corrected chi connectivity index (χ0v) is 39.3. The molecule has 0 aromatic rings. The van der Waals surface area contributed by atoms with E-state index in [0.29, 0.717) is 19.3 Å². The predicted molar refractivity (Wildman–Crippen MR) is 252 cm³/mol. The molecule has 6 heteroatoms. The highest BCUT2D eigenvalue weighted by Gasteiger charge is 2.19. The Bertz CT molecular complexity index is 1000. The minimum absolute atomic E-state index is 0.0786. The first-order valence-electron chi connectivity index (χ1n) is 25.5. The molecule has 0 saturated heterocycles. The summed E-state index contributed by atoms with van der Waals surface area (Å²) in [5.74, 6) is -0.892. The van der Waals surface area contributed by atoms with Gasteiger partial charge < -0.3 is 14.2 Å². The summed E-state index contributed by atoms with van der Waals surface area (Å²) in [7, 11) is 0. The number of allylic oxidation sites excluding steroid dienone is 6. The Morgan fingerprint density at radius 3 is 1.02 bits per heavy atom. The highest BCUT2D eigenvalue weighted by atomic mass is 16.6. The summed E-state index contributed by atoms with van der Waals surface area (Å²) in [4.78, 5) is 37.9. The van der Waals surface area contributed by atoms with Crippen LogP contribution in [-0.2, 0) is 28.6 Å². The molecule has 0 heterocycles. The van der Waals surface area contributed by atoms with Crippen LogP contribution in [0, 0.1) is 0 Å². The first-order valence-corrected chi connectivity index (χ1v) is 25.5. The second-order valence-corrected chi connectivity index (χ2v) is 17.1. The maximum absolute atomic E-state index is 12.8. The van der Waals surface area contributed by atoms with E-state index in [4.69, 9.17) is 14.2 Å². The molecule has 344 valence electrons. The van der Waals surface area contributed by atoms with E-state index in [1.807, 2.05) is 0 Å². The van der Waals surface area contributed by atoms with Crippen LogP contribution in [0.5, 0.6) is 0 Å². The van der Waals surface area contributed by atoms with Gasteiger partial charge in [0.2, 0.25) is 0 Å². The lowest BCUT2D eigenvalue weighted by Crippen LogP contribution is -2.30. The summed E-state index contributed by atoms with van der Waals surface area (Å²) in [5.41, 5.74) is 0. The highest BCUT2D eigenvalue weighted by Crippen LogP contribution is 2.15. The fourth-order valence-electron chi connectivity index (χ4n) is 7.22. The van der Waals surface area contributed by atoms with Crippen LogP contribution in [0.15, 0.2) is 36.5 Å². The normalized spacial score (nSPS) is 12.3. The van der Waals surface area contributed by atoms with Gasteiger partial charge in [-0.05, 0) is 70.6 Å². The van der Waals surface area contributed by atoms with Crippen molar-refractivity contribution < 1.29 is 28.6 Å². The van der Waals surface area contributed by atoms with Crippen molar-refractivity contribution >= 4 is 17.9 Å². The first-order chi connectivity index (χ1) is 29.0. The van der Waals surface area contributed by atoms with E-state index >= 15 is 0 Å². The summed E-state index contributed by atoms with van der Waals surface area (Å²) >= 11 is 0. The Labute approximate surface area is 365 Å². The number of hydrogen-bond donors (Lipinski definition) is 0. The molecule has 0 spiro atoms. The van der Waals surface area contributed by atoms with E-state index in [0.717, 1.165) is 83.5 Å². The molecule has 0 aliphatic carbocycles. The quantitative estimate of drug-likeness (QED) is 0.0263. The van der Waals surface area contributed by atoms with Crippen molar-refractivity contribution in [2.24, 2.45) is 0 Å². The van der Waals surface area contributed by atoms with Crippen molar-refractivity contribution in [3.8, 4) is 0 Å². The van der Waals surface area contributed by atoms with Gasteiger partial charge in [0.1, 0.15) is 13.2 Å². The molecule has 0 saturated carbocycles. The smallest absolute Gasteiger partial charge is 0.306 e. The number of hydrogen-bond acceptors (Lipinski definition) is 6. The SMILES string of the molecule is CCCC/C=C\CCCCCCCC(=O)OCC(COC(=O)CCCCCCC/C=C\C/C=C\CCCCCC)OC(=O)CCCCCCCCCCCCCCCC. The highest BCUT2D eigenvalue weighted by molar-refractivity contribution is 5.71. The summed E-state index contributed by atoms with van der Waals surface area (Å²) in [6.07, 6.45) is 55.5. The van der Waals surface area contributed by atoms with Crippen LogP contribution >= 0.6 is 0 Å². The molecule has 0 aromatic heterocycles. The third kappa shape index (κ3) is 46.5. The Morgan fingerprint density at radius 2 is 0.627 bits per heavy atom. The summed E-state index contributed by atoms with van der Waals surface area (Å²) < 4.78 is 16.8. The lowest BCUT2D eigenvalue weighted by atomic mass is 10.0. The zero-order chi connectivity index (χ0) is 43.0. The molecular formula is C53H96O6. The van der Waals surface area contributed by atoms with Gasteiger partial charge in [-0.2, -0.15) is 0 Å². The van der Waals surface area contributed by atoms with Crippen LogP contribution < -0.4 is 0 Å². The third-order valence-electron chi connectivity index (χ3n) is 11.1. The molecule has 59 heavy (non-hydrogen) atoms. The van der Waals surface area contributed by atoms with Crippen LogP contribution in [0.3, 0.4) is 0 Å². The van der Waals surface area contributed by atoms with Crippen LogP contribution in [0.1, 0.15) is 265 Å². The van der Waals surface area contributed by atoms with E-state index in [9.17, 15) is 14.4 Å². The van der Waals surface area contributed by atoms with Gasteiger partial charge in [-0.15, -0.1) is 0 Å². The van der Waals surface area contributed by atoms with Crippen molar-refractivity contribution in [3.63, 3.8) is 0 Å². The number of unbranched alkanes of at least 4 members (excludes halogenated alkanes) is 29. The van der Waals surface area contributed by atoms with E-state index in [1.165, 1.54) is 141 Å². The number of rotatable bonds is 46. The van der Waals surface area contributed by atoms with E-state index < -0.39 is 6.10 Å². The molecule has 1 atom stereocenters. The van der Waals surface area contributed by atoms with Crippen molar-refractivity contribution in [2.75, 3.05) is 13.2 Å². The molecule has 0 aromatic carbocycles. The molecule has 0 fully saturated rings. The molecule has 0 amide bonds. The summed E-state index contributed by atoms with van der Waals surface area (Å²) in [6, 6.07) is 0. The summed E-state index contributed by atoms with van der Waals surface area (Å²) in [5, 5.41) is 0. The van der Waals surface area contributed by atoms with E-state index in [2.05, 4.69) is 57.2 Å². The van der Waals surface area contributed by atoms with E-state index in [1.54, 1.807) is 0 Å². The van der Waals surface area contributed by atoms with Crippen LogP contribution in [0.4, 0.5) is 0 Å². The minimum atomic E-state index is -0.776. The van der Waals surface area contributed by atoms with Crippen molar-refractivity contribution in [1.82, 2.24) is 0 Å². The predicted octanol–water partition coefficient (Wildman–Crippen LogP) is 16.5. The van der Waals surface area contributed by atoms with Crippen LogP contribution in [0.2, 0.25) is 0 Å². The second kappa shape index (κ2) is 48.3. The minimum Gasteiger partial charge on any atom is -0.462 e. The van der Waals surface area contributed by atoms with Gasteiger partial charge in [0.15, 0.2) is 6.10 Å². The maximum atomic E-state index is 12.8. The van der Waals surface area contributed by atoms with Crippen LogP contribution in [0.25, 0.3) is 0 Å². The molecule has 0 aliphatic heterocycles. The average Bonchev–Trinajstić information content (AvgIpc) is 3.23. The second-order valence-electron chi connectivity index (χ2n) is 17.1. The fraction of sp³-hybridized carbons (Fsp3) is 0.830. The number of carbonyl (C=O) groups excluding carboxylic acids is 3. The van der Waals surface area contributed by atoms with Crippen molar-refractivity contribution in [1.29, 1.82) is 0 Å². The Hall–Kier alpha value is -2.37. The molecule has 0 aliphatic rings. The van der Waals surface area contributed by atoms with Gasteiger partial charge in [0.05, 0.1) is 0 Å². The average molecular weight is 829 g/mol. The topological polar surface area (TPSA) is 78.9 Å². The lowest BCUT2D eigenvalue weighted by Gasteiger charge is -2.18. The molecule has 0 radical (unpaired) electrons. The molecule has 6 nitrogen and oxygen atoms in total. The largest absolute Gasteiger partial charge is 0.462 e. The van der Waals surface area contributed by atoms with Gasteiger partial charge in [-0.3, -0.25) is 14.4 Å². The standard InChI is InChI=1S/C53H96O6/c1-4-7-10-13-16-19-22-24-26-27-29-31-34-37-40-43-46-52(55)58-49-50(48-57-51(54)45-42-39-36-33-30-21-18-15-12-9-6-3)59-53(56)47-44-41-38-35-32-28-25-23-20-17-14-11-8-5-2/h15,18-19,22,26-27,50H,4-14,16-17,20-21,23-25,28-49H2,1-3H3/b18-15-,22-19-,27-26-. The van der Waals surface area contributed by atoms with Gasteiger partial charge in [0.25, 0.3) is 0 Å². The first kappa shape index (κ1) is 56.6. The van der Waals surface area contributed by atoms with Crippen molar-refractivity contribution in [3.05, 3.63) is 36.5 Å². The molecule has 0 N–H and O–H groups in total. The summed E-state index contributed by atoms with van der Waals surface area (Å²) in [6.45, 7) is 6.58. The monoisotopic (exact) mass is 829 g/mol. The third-order valence-corrected chi connectivity index (χ3v) is 11.1. The van der Waals surface area contributed by atoms with Gasteiger partial charge in [0, 0.05) is 19.3 Å². The number of carbonyl (C=O) groups is 3. The van der Waals surface area contributed by atoms with E-state index in [-0.39, 0.29) is 31.1 Å². The van der Waals surface area contributed by atoms with Gasteiger partial charge in [-0.25, -0.2) is 0 Å². The molecule has 1 unspecified atom stereocenters. The molecular weight excluding hydrogens is 733 g/mol. The Balaban J connectivity index is 4.37. The lowest BCUT2D eigenvalue weighted by molar-refractivity contribution is -0.167. The number of esters is 3. The Morgan fingerprint density at radius 1 is 0.339 bits per heavy atom. The number of ether oxygens (including phenoxy) is 3. The van der Waals surface area contributed by atoms with Crippen LogP contribution in [-0.4, -0.2) is 37.2 Å². The van der Waals surface area contributed by atoms with Gasteiger partial charge >= 0.3 is 17.9 Å². The fourth-order valence-corrected chi connectivity index (χ4v) is 7.22. The zero-order valence-electron chi connectivity index (χ0n) is 39.3. The molecule has 0 rings (SSSR count). The van der Waals surface area contributed by atoms with Crippen molar-refractivity contribution in [2.45, 2.75) is 271 Å². The molecule has 0 bridgehead atoms. The van der Waals surface area contributed by atoms with Gasteiger partial charge in [-0.1, -0.05) is 211 Å². The Kier molecular flexibility index (Phi) is 46.4. The maximum Gasteiger partial charge on any atom is 0.306 e.